The van der Waals surface area contributed by atoms with Gasteiger partial charge in [-0.25, -0.2) is 9.97 Å². The van der Waals surface area contributed by atoms with Crippen molar-refractivity contribution in [2.75, 3.05) is 31.6 Å². The molecule has 35 heavy (non-hydrogen) atoms. The average Bonchev–Trinajstić information content (AvgIpc) is 3.36. The molecule has 2 fully saturated rings. The number of nitrogens with zero attached hydrogens (tertiary/aromatic N) is 5. The number of likely N-dealkylation sites (tertiary alicyclic amines) is 1. The van der Waals surface area contributed by atoms with Crippen LogP contribution < -0.4 is 5.32 Å². The Labute approximate surface area is 201 Å². The van der Waals surface area contributed by atoms with E-state index >= 15 is 0 Å². The number of nitrogens with one attached hydrogen (secondary N) is 1. The summed E-state index contributed by atoms with van der Waals surface area (Å²) in [5.41, 5.74) is 1.80. The van der Waals surface area contributed by atoms with Crippen LogP contribution in [0.2, 0.25) is 0 Å². The molecule has 5 rings (SSSR count). The van der Waals surface area contributed by atoms with Crippen LogP contribution in [0.5, 0.6) is 0 Å². The number of aliphatic hydroxyl groups is 1. The summed E-state index contributed by atoms with van der Waals surface area (Å²) < 4.78 is 45.6. The van der Waals surface area contributed by atoms with Crippen LogP contribution in [-0.4, -0.2) is 67.7 Å². The number of rotatable bonds is 4. The summed E-state index contributed by atoms with van der Waals surface area (Å²) in [5, 5.41) is 17.6. The molecule has 0 unspecified atom stereocenters. The van der Waals surface area contributed by atoms with Crippen molar-refractivity contribution in [1.29, 1.82) is 0 Å². The maximum Gasteiger partial charge on any atom is 0.435 e. The molecule has 0 aliphatic carbocycles. The van der Waals surface area contributed by atoms with E-state index in [1.807, 2.05) is 0 Å². The van der Waals surface area contributed by atoms with Gasteiger partial charge in [-0.15, -0.1) is 0 Å². The van der Waals surface area contributed by atoms with Crippen molar-refractivity contribution in [2.45, 2.75) is 50.4 Å². The number of aryl methyl sites for hydroxylation is 2. The van der Waals surface area contributed by atoms with E-state index in [1.54, 1.807) is 6.20 Å². The Hall–Kier alpha value is -2.76. The number of alkyl halides is 3. The van der Waals surface area contributed by atoms with Crippen LogP contribution in [0.1, 0.15) is 42.5 Å². The van der Waals surface area contributed by atoms with Gasteiger partial charge in [-0.3, -0.25) is 9.58 Å². The number of fused-ring (bicyclic) bond motifs is 1. The Morgan fingerprint density at radius 2 is 1.94 bits per heavy atom. The van der Waals surface area contributed by atoms with E-state index in [0.29, 0.717) is 19.1 Å². The van der Waals surface area contributed by atoms with Crippen molar-refractivity contribution in [3.63, 3.8) is 0 Å². The quantitative estimate of drug-likeness (QED) is 0.576. The smallest absolute Gasteiger partial charge is 0.389 e. The number of hydrogen-bond acceptors (Lipinski definition) is 7. The molecule has 2 aliphatic heterocycles. The second-order valence-corrected chi connectivity index (χ2v) is 9.77. The van der Waals surface area contributed by atoms with E-state index in [9.17, 15) is 18.3 Å². The minimum absolute atomic E-state index is 0.156. The molecule has 2 aromatic heterocycles. The largest absolute Gasteiger partial charge is 0.435 e. The van der Waals surface area contributed by atoms with E-state index in [0.717, 1.165) is 53.1 Å². The van der Waals surface area contributed by atoms with Crippen LogP contribution in [-0.2, 0) is 18.0 Å². The predicted octanol–water partition coefficient (Wildman–Crippen LogP) is 3.76. The molecule has 0 bridgehead atoms. The van der Waals surface area contributed by atoms with E-state index in [4.69, 9.17) is 4.74 Å². The van der Waals surface area contributed by atoms with E-state index in [2.05, 4.69) is 51.3 Å². The molecule has 3 aromatic rings. The SMILES string of the molecule is Cc1cc2cnc(Nc3cc(C(F)(F)F)nn3C)nc2cc1C1CCN([C@]2(C)COC[C@@H]2O)CC1. The summed E-state index contributed by atoms with van der Waals surface area (Å²) in [5.74, 6) is 0.724. The molecular formula is C24H29F3N6O2. The molecule has 0 radical (unpaired) electrons. The van der Waals surface area contributed by atoms with E-state index < -0.39 is 18.0 Å². The minimum Gasteiger partial charge on any atom is -0.389 e. The van der Waals surface area contributed by atoms with Gasteiger partial charge in [0.15, 0.2) is 5.69 Å². The Bertz CT molecular complexity index is 1240. The fraction of sp³-hybridized carbons (Fsp3) is 0.542. The van der Waals surface area contributed by atoms with Gasteiger partial charge in [-0.05, 0) is 69.0 Å². The molecule has 2 saturated heterocycles. The van der Waals surface area contributed by atoms with Gasteiger partial charge in [0.2, 0.25) is 5.95 Å². The number of hydrogen-bond donors (Lipinski definition) is 2. The van der Waals surface area contributed by atoms with Crippen LogP contribution in [0.25, 0.3) is 10.9 Å². The lowest BCUT2D eigenvalue weighted by atomic mass is 9.84. The van der Waals surface area contributed by atoms with Crippen molar-refractivity contribution in [1.82, 2.24) is 24.6 Å². The number of anilines is 2. The van der Waals surface area contributed by atoms with E-state index in [-0.39, 0.29) is 17.3 Å². The highest BCUT2D eigenvalue weighted by molar-refractivity contribution is 5.81. The number of halogens is 3. The first-order chi connectivity index (χ1) is 16.5. The zero-order valence-electron chi connectivity index (χ0n) is 19.9. The lowest BCUT2D eigenvalue weighted by molar-refractivity contribution is -0.141. The highest BCUT2D eigenvalue weighted by Gasteiger charge is 2.45. The molecule has 0 amide bonds. The summed E-state index contributed by atoms with van der Waals surface area (Å²) in [7, 11) is 1.43. The third-order valence-corrected chi connectivity index (χ3v) is 7.42. The third-order valence-electron chi connectivity index (χ3n) is 7.42. The maximum atomic E-state index is 13.0. The summed E-state index contributed by atoms with van der Waals surface area (Å²) >= 11 is 0. The molecule has 2 aliphatic rings. The summed E-state index contributed by atoms with van der Waals surface area (Å²) in [6, 6.07) is 5.06. The molecule has 8 nitrogen and oxygen atoms in total. The Kier molecular flexibility index (Phi) is 5.97. The molecule has 188 valence electrons. The standard InChI is InChI=1S/C24H29F3N6O2/c1-14-8-16-11-28-22(30-21-10-19(24(25,26)27)31-32(21)3)29-18(16)9-17(14)15-4-6-33(7-5-15)23(2)13-35-12-20(23)34/h8-11,15,20,34H,4-7,12-13H2,1-3H3,(H,28,29,30)/t20-,23+/m0/s1. The number of aliphatic hydroxyl groups excluding tert-OH is 1. The first-order valence-corrected chi connectivity index (χ1v) is 11.7. The number of piperidine rings is 1. The molecule has 2 atom stereocenters. The average molecular weight is 491 g/mol. The van der Waals surface area contributed by atoms with Gasteiger partial charge in [-0.1, -0.05) is 0 Å². The van der Waals surface area contributed by atoms with Crippen molar-refractivity contribution in [3.8, 4) is 0 Å². The number of ether oxygens (including phenoxy) is 1. The topological polar surface area (TPSA) is 88.3 Å². The van der Waals surface area contributed by atoms with Crippen LogP contribution in [0, 0.1) is 6.92 Å². The van der Waals surface area contributed by atoms with Gasteiger partial charge in [-0.2, -0.15) is 18.3 Å². The summed E-state index contributed by atoms with van der Waals surface area (Å²) in [6.45, 7) is 6.82. The van der Waals surface area contributed by atoms with Crippen molar-refractivity contribution >= 4 is 22.7 Å². The normalized spacial score (nSPS) is 24.4. The zero-order chi connectivity index (χ0) is 25.0. The molecule has 1 aromatic carbocycles. The second-order valence-electron chi connectivity index (χ2n) is 9.77. The molecule has 0 saturated carbocycles. The summed E-state index contributed by atoms with van der Waals surface area (Å²) in [6.07, 6.45) is -1.41. The number of benzene rings is 1. The van der Waals surface area contributed by atoms with Gasteiger partial charge in [0, 0.05) is 24.7 Å². The van der Waals surface area contributed by atoms with Crippen molar-refractivity contribution in [3.05, 3.63) is 41.2 Å². The Morgan fingerprint density at radius 1 is 1.20 bits per heavy atom. The van der Waals surface area contributed by atoms with Gasteiger partial charge in [0.1, 0.15) is 5.82 Å². The van der Waals surface area contributed by atoms with Gasteiger partial charge < -0.3 is 15.2 Å². The van der Waals surface area contributed by atoms with Gasteiger partial charge in [0.25, 0.3) is 0 Å². The molecule has 2 N–H and O–H groups in total. The maximum absolute atomic E-state index is 13.0. The fourth-order valence-corrected chi connectivity index (χ4v) is 5.20. The first kappa shape index (κ1) is 24.0. The first-order valence-electron chi connectivity index (χ1n) is 11.7. The minimum atomic E-state index is -4.52. The zero-order valence-corrected chi connectivity index (χ0v) is 19.9. The third kappa shape index (κ3) is 4.48. The Balaban J connectivity index is 1.35. The molecule has 0 spiro atoms. The highest BCUT2D eigenvalue weighted by Crippen LogP contribution is 2.37. The highest BCUT2D eigenvalue weighted by atomic mass is 19.4. The number of aromatic nitrogens is 4. The second kappa shape index (κ2) is 8.72. The monoisotopic (exact) mass is 490 g/mol. The van der Waals surface area contributed by atoms with Gasteiger partial charge >= 0.3 is 6.18 Å². The van der Waals surface area contributed by atoms with Crippen LogP contribution in [0.4, 0.5) is 24.9 Å². The Morgan fingerprint density at radius 3 is 2.57 bits per heavy atom. The lowest BCUT2D eigenvalue weighted by Crippen LogP contribution is -2.56. The van der Waals surface area contributed by atoms with Crippen LogP contribution >= 0.6 is 0 Å². The van der Waals surface area contributed by atoms with E-state index in [1.165, 1.54) is 12.6 Å². The predicted molar refractivity (Wildman–Crippen MR) is 125 cm³/mol. The lowest BCUT2D eigenvalue weighted by Gasteiger charge is -2.43. The van der Waals surface area contributed by atoms with Gasteiger partial charge in [0.05, 0.1) is 30.4 Å². The van der Waals surface area contributed by atoms with Crippen molar-refractivity contribution < 1.29 is 23.0 Å². The fourth-order valence-electron chi connectivity index (χ4n) is 5.20. The van der Waals surface area contributed by atoms with Crippen LogP contribution in [0.3, 0.4) is 0 Å². The summed E-state index contributed by atoms with van der Waals surface area (Å²) in [4.78, 5) is 11.2. The molecule has 4 heterocycles. The van der Waals surface area contributed by atoms with Crippen LogP contribution in [0.15, 0.2) is 24.4 Å². The molecular weight excluding hydrogens is 461 g/mol. The van der Waals surface area contributed by atoms with Crippen molar-refractivity contribution in [2.24, 2.45) is 7.05 Å². The molecule has 11 heteroatoms.